The molecule has 84 valence electrons. The lowest BCUT2D eigenvalue weighted by Gasteiger charge is -2.25. The van der Waals surface area contributed by atoms with Crippen molar-refractivity contribution in [1.82, 2.24) is 0 Å². The summed E-state index contributed by atoms with van der Waals surface area (Å²) < 4.78 is 13.7. The van der Waals surface area contributed by atoms with Gasteiger partial charge in [-0.2, -0.15) is 10.2 Å². The second-order valence-corrected chi connectivity index (χ2v) is 4.23. The van der Waals surface area contributed by atoms with E-state index in [1.807, 2.05) is 13.8 Å². The molecule has 0 radical (unpaired) electrons. The molecular formula is C12H14FN3. The fraction of sp³-hybridized carbons (Fsp3) is 0.333. The van der Waals surface area contributed by atoms with E-state index in [0.29, 0.717) is 11.3 Å². The van der Waals surface area contributed by atoms with Crippen LogP contribution in [0.2, 0.25) is 0 Å². The quantitative estimate of drug-likeness (QED) is 0.813. The van der Waals surface area contributed by atoms with Gasteiger partial charge in [0, 0.05) is 5.56 Å². The van der Waals surface area contributed by atoms with Crippen molar-refractivity contribution in [2.75, 3.05) is 0 Å². The molecule has 0 amide bonds. The van der Waals surface area contributed by atoms with Gasteiger partial charge in [0.25, 0.3) is 0 Å². The van der Waals surface area contributed by atoms with Crippen LogP contribution in [0.25, 0.3) is 0 Å². The SMILES string of the molecule is CC(C)C1=NN=CC1(N)c1ccccc1F. The molecular weight excluding hydrogens is 205 g/mol. The van der Waals surface area contributed by atoms with Crippen molar-refractivity contribution in [3.8, 4) is 0 Å². The molecule has 2 rings (SSSR count). The molecule has 0 fully saturated rings. The first-order valence-corrected chi connectivity index (χ1v) is 5.22. The van der Waals surface area contributed by atoms with Gasteiger partial charge in [-0.3, -0.25) is 0 Å². The topological polar surface area (TPSA) is 50.7 Å². The number of rotatable bonds is 2. The van der Waals surface area contributed by atoms with Crippen molar-refractivity contribution in [2.24, 2.45) is 21.9 Å². The smallest absolute Gasteiger partial charge is 0.129 e. The molecule has 1 aliphatic rings. The molecule has 1 atom stereocenters. The summed E-state index contributed by atoms with van der Waals surface area (Å²) in [5.74, 6) is -0.196. The van der Waals surface area contributed by atoms with Gasteiger partial charge < -0.3 is 5.73 Å². The molecule has 1 aromatic rings. The number of nitrogens with zero attached hydrogens (tertiary/aromatic N) is 2. The third kappa shape index (κ3) is 1.55. The van der Waals surface area contributed by atoms with Crippen molar-refractivity contribution >= 4 is 11.9 Å². The molecule has 0 saturated carbocycles. The van der Waals surface area contributed by atoms with E-state index in [1.54, 1.807) is 18.2 Å². The van der Waals surface area contributed by atoms with Gasteiger partial charge in [0.2, 0.25) is 0 Å². The summed E-state index contributed by atoms with van der Waals surface area (Å²) in [6.45, 7) is 3.94. The first-order valence-electron chi connectivity index (χ1n) is 5.22. The minimum Gasteiger partial charge on any atom is -0.312 e. The Morgan fingerprint density at radius 3 is 2.62 bits per heavy atom. The van der Waals surface area contributed by atoms with Crippen LogP contribution in [0.4, 0.5) is 4.39 Å². The molecule has 1 unspecified atom stereocenters. The third-order valence-electron chi connectivity index (χ3n) is 2.72. The fourth-order valence-electron chi connectivity index (χ4n) is 1.93. The molecule has 16 heavy (non-hydrogen) atoms. The Morgan fingerprint density at radius 1 is 1.31 bits per heavy atom. The van der Waals surface area contributed by atoms with E-state index in [0.717, 1.165) is 0 Å². The summed E-state index contributed by atoms with van der Waals surface area (Å²) in [7, 11) is 0. The Balaban J connectivity index is 2.52. The summed E-state index contributed by atoms with van der Waals surface area (Å²) in [5.41, 5.74) is 6.32. The molecule has 1 aliphatic heterocycles. The standard InChI is InChI=1S/C12H14FN3/c1-8(2)11-12(14,7-15-16-11)9-5-3-4-6-10(9)13/h3-8H,14H2,1-2H3. The van der Waals surface area contributed by atoms with Crippen LogP contribution in [0.15, 0.2) is 34.5 Å². The maximum atomic E-state index is 13.7. The maximum absolute atomic E-state index is 13.7. The molecule has 4 heteroatoms. The zero-order chi connectivity index (χ0) is 11.8. The highest BCUT2D eigenvalue weighted by molar-refractivity contribution is 6.11. The Bertz CT molecular complexity index is 465. The average Bonchev–Trinajstić information content (AvgIpc) is 2.62. The molecule has 0 spiro atoms. The van der Waals surface area contributed by atoms with Gasteiger partial charge in [-0.25, -0.2) is 4.39 Å². The summed E-state index contributed by atoms with van der Waals surface area (Å²) in [4.78, 5) is 0. The summed E-state index contributed by atoms with van der Waals surface area (Å²) in [5, 5.41) is 7.83. The van der Waals surface area contributed by atoms with E-state index in [2.05, 4.69) is 10.2 Å². The second-order valence-electron chi connectivity index (χ2n) is 4.23. The van der Waals surface area contributed by atoms with Crippen molar-refractivity contribution in [2.45, 2.75) is 19.4 Å². The van der Waals surface area contributed by atoms with Crippen molar-refractivity contribution in [3.63, 3.8) is 0 Å². The van der Waals surface area contributed by atoms with Crippen LogP contribution in [-0.4, -0.2) is 11.9 Å². The molecule has 0 saturated heterocycles. The zero-order valence-electron chi connectivity index (χ0n) is 9.31. The highest BCUT2D eigenvalue weighted by Gasteiger charge is 2.38. The van der Waals surface area contributed by atoms with Gasteiger partial charge in [-0.05, 0) is 12.0 Å². The van der Waals surface area contributed by atoms with Crippen LogP contribution in [0.1, 0.15) is 19.4 Å². The van der Waals surface area contributed by atoms with E-state index in [9.17, 15) is 4.39 Å². The van der Waals surface area contributed by atoms with Crippen molar-refractivity contribution < 1.29 is 4.39 Å². The maximum Gasteiger partial charge on any atom is 0.129 e. The van der Waals surface area contributed by atoms with Crippen LogP contribution in [0.5, 0.6) is 0 Å². The minimum absolute atomic E-state index is 0.132. The molecule has 1 heterocycles. The van der Waals surface area contributed by atoms with E-state index >= 15 is 0 Å². The number of hydrogen-bond acceptors (Lipinski definition) is 3. The average molecular weight is 219 g/mol. The van der Waals surface area contributed by atoms with E-state index in [1.165, 1.54) is 12.3 Å². The van der Waals surface area contributed by atoms with Gasteiger partial charge in [0.1, 0.15) is 11.4 Å². The number of nitrogens with two attached hydrogens (primary N) is 1. The molecule has 2 N–H and O–H groups in total. The number of hydrogen-bond donors (Lipinski definition) is 1. The van der Waals surface area contributed by atoms with Gasteiger partial charge in [-0.15, -0.1) is 0 Å². The molecule has 0 aromatic heterocycles. The van der Waals surface area contributed by atoms with Crippen molar-refractivity contribution in [1.29, 1.82) is 0 Å². The van der Waals surface area contributed by atoms with E-state index in [-0.39, 0.29) is 11.7 Å². The fourth-order valence-corrected chi connectivity index (χ4v) is 1.93. The third-order valence-corrected chi connectivity index (χ3v) is 2.72. The monoisotopic (exact) mass is 219 g/mol. The molecule has 0 aliphatic carbocycles. The molecule has 0 bridgehead atoms. The first-order chi connectivity index (χ1) is 7.55. The summed E-state index contributed by atoms with van der Waals surface area (Å²) in [6.07, 6.45) is 1.50. The normalized spacial score (nSPS) is 23.9. The lowest BCUT2D eigenvalue weighted by atomic mass is 9.82. The van der Waals surface area contributed by atoms with Gasteiger partial charge >= 0.3 is 0 Å². The predicted octanol–water partition coefficient (Wildman–Crippen LogP) is 2.08. The largest absolute Gasteiger partial charge is 0.312 e. The Hall–Kier alpha value is -1.55. The lowest BCUT2D eigenvalue weighted by molar-refractivity contribution is 0.589. The number of halogens is 1. The zero-order valence-corrected chi connectivity index (χ0v) is 9.31. The highest BCUT2D eigenvalue weighted by atomic mass is 19.1. The predicted molar refractivity (Wildman–Crippen MR) is 63.0 cm³/mol. The van der Waals surface area contributed by atoms with Crippen LogP contribution < -0.4 is 5.73 Å². The summed E-state index contributed by atoms with van der Waals surface area (Å²) in [6, 6.07) is 6.47. The van der Waals surface area contributed by atoms with Gasteiger partial charge in [-0.1, -0.05) is 32.0 Å². The first kappa shape index (κ1) is 11.0. The summed E-state index contributed by atoms with van der Waals surface area (Å²) >= 11 is 0. The van der Waals surface area contributed by atoms with E-state index < -0.39 is 5.54 Å². The molecule has 3 nitrogen and oxygen atoms in total. The van der Waals surface area contributed by atoms with Gasteiger partial charge in [0.15, 0.2) is 0 Å². The van der Waals surface area contributed by atoms with E-state index in [4.69, 9.17) is 5.73 Å². The van der Waals surface area contributed by atoms with Gasteiger partial charge in [0.05, 0.1) is 11.9 Å². The lowest BCUT2D eigenvalue weighted by Crippen LogP contribution is -2.47. The second kappa shape index (κ2) is 3.79. The Morgan fingerprint density at radius 2 is 2.00 bits per heavy atom. The molecule has 1 aromatic carbocycles. The highest BCUT2D eigenvalue weighted by Crippen LogP contribution is 2.27. The van der Waals surface area contributed by atoms with Crippen LogP contribution in [0, 0.1) is 11.7 Å². The Kier molecular flexibility index (Phi) is 2.59. The van der Waals surface area contributed by atoms with Crippen LogP contribution in [-0.2, 0) is 5.54 Å². The Labute approximate surface area is 93.9 Å². The van der Waals surface area contributed by atoms with Crippen LogP contribution in [0.3, 0.4) is 0 Å². The minimum atomic E-state index is -1.00. The van der Waals surface area contributed by atoms with Crippen LogP contribution >= 0.6 is 0 Å². The van der Waals surface area contributed by atoms with Crippen molar-refractivity contribution in [3.05, 3.63) is 35.6 Å². The number of benzene rings is 1.